The van der Waals surface area contributed by atoms with Gasteiger partial charge in [0.05, 0.1) is 21.4 Å². The van der Waals surface area contributed by atoms with Crippen molar-refractivity contribution in [1.82, 2.24) is 14.9 Å². The van der Waals surface area contributed by atoms with Gasteiger partial charge in [0.25, 0.3) is 0 Å². The lowest BCUT2D eigenvalue weighted by molar-refractivity contribution is -0.113. The summed E-state index contributed by atoms with van der Waals surface area (Å²) < 4.78 is 1.24. The minimum Gasteiger partial charge on any atom is -0.335 e. The second-order valence-electron chi connectivity index (χ2n) is 5.44. The first kappa shape index (κ1) is 20.3. The molecule has 7 nitrogen and oxygen atoms in total. The predicted molar refractivity (Wildman–Crippen MR) is 111 cm³/mol. The van der Waals surface area contributed by atoms with Gasteiger partial charge >= 0.3 is 0 Å². The zero-order chi connectivity index (χ0) is 20.3. The van der Waals surface area contributed by atoms with Crippen LogP contribution in [0.25, 0.3) is 11.4 Å². The number of hydrogen-bond donors (Lipinski definition) is 2. The fourth-order valence-electron chi connectivity index (χ4n) is 2.24. The topological polar surface area (TPSA) is 110 Å². The zero-order valence-corrected chi connectivity index (χ0v) is 17.1. The molecule has 28 heavy (non-hydrogen) atoms. The maximum atomic E-state index is 12.2. The van der Waals surface area contributed by atoms with Crippen LogP contribution in [-0.4, -0.2) is 26.5 Å². The molecule has 0 spiro atoms. The number of carbonyl (C=O) groups excluding carboxylic acids is 1. The maximum Gasteiger partial charge on any atom is 0.234 e. The van der Waals surface area contributed by atoms with Crippen molar-refractivity contribution in [3.05, 3.63) is 57.0 Å². The SMILES string of the molecule is N#Cc1ccc(NC(=O)CSc2nnc(-c3cc(Cl)ccc3Cl)n2N)cc1Cl. The first-order valence-corrected chi connectivity index (χ1v) is 9.79. The summed E-state index contributed by atoms with van der Waals surface area (Å²) in [6.07, 6.45) is 0. The number of nitriles is 1. The molecule has 0 saturated carbocycles. The van der Waals surface area contributed by atoms with Crippen molar-refractivity contribution in [2.45, 2.75) is 5.16 Å². The highest BCUT2D eigenvalue weighted by molar-refractivity contribution is 7.99. The molecule has 1 heterocycles. The standard InChI is InChI=1S/C17H11Cl3N6OS/c18-10-2-4-13(19)12(5-10)16-24-25-17(26(16)22)28-8-15(27)23-11-3-1-9(7-21)14(20)6-11/h1-6H,8,22H2,(H,23,27). The highest BCUT2D eigenvalue weighted by atomic mass is 35.5. The summed E-state index contributed by atoms with van der Waals surface area (Å²) in [6, 6.07) is 11.5. The number of carbonyl (C=O) groups is 1. The predicted octanol–water partition coefficient (Wildman–Crippen LogP) is 4.22. The van der Waals surface area contributed by atoms with Gasteiger partial charge in [0, 0.05) is 16.3 Å². The lowest BCUT2D eigenvalue weighted by Gasteiger charge is -2.07. The van der Waals surface area contributed by atoms with E-state index in [1.54, 1.807) is 24.3 Å². The average molecular weight is 454 g/mol. The maximum absolute atomic E-state index is 12.2. The molecule has 0 radical (unpaired) electrons. The van der Waals surface area contributed by atoms with Crippen molar-refractivity contribution in [2.75, 3.05) is 16.9 Å². The third-order valence-electron chi connectivity index (χ3n) is 3.54. The Morgan fingerprint density at radius 3 is 2.68 bits per heavy atom. The number of hydrogen-bond acceptors (Lipinski definition) is 6. The molecule has 1 aromatic heterocycles. The summed E-state index contributed by atoms with van der Waals surface area (Å²) in [4.78, 5) is 12.2. The smallest absolute Gasteiger partial charge is 0.234 e. The Hall–Kier alpha value is -2.44. The van der Waals surface area contributed by atoms with E-state index in [1.165, 1.54) is 16.8 Å². The molecular formula is C17H11Cl3N6OS. The Balaban J connectivity index is 1.68. The fourth-order valence-corrected chi connectivity index (χ4v) is 3.49. The molecule has 1 amide bonds. The minimum atomic E-state index is -0.295. The number of anilines is 1. The second kappa shape index (κ2) is 8.71. The molecule has 0 aliphatic carbocycles. The molecule has 0 bridgehead atoms. The summed E-state index contributed by atoms with van der Waals surface area (Å²) in [7, 11) is 0. The van der Waals surface area contributed by atoms with Gasteiger partial charge in [-0.15, -0.1) is 10.2 Å². The Labute approximate surface area is 179 Å². The lowest BCUT2D eigenvalue weighted by Crippen LogP contribution is -2.16. The Kier molecular flexibility index (Phi) is 6.31. The minimum absolute atomic E-state index is 0.0379. The molecule has 3 aromatic rings. The highest BCUT2D eigenvalue weighted by Gasteiger charge is 2.16. The fraction of sp³-hybridized carbons (Fsp3) is 0.0588. The van der Waals surface area contributed by atoms with Gasteiger partial charge < -0.3 is 11.2 Å². The highest BCUT2D eigenvalue weighted by Crippen LogP contribution is 2.30. The number of nitrogens with zero attached hydrogens (tertiary/aromatic N) is 4. The van der Waals surface area contributed by atoms with E-state index in [0.29, 0.717) is 37.8 Å². The van der Waals surface area contributed by atoms with E-state index in [4.69, 9.17) is 45.9 Å². The normalized spacial score (nSPS) is 10.5. The summed E-state index contributed by atoms with van der Waals surface area (Å²) in [6.45, 7) is 0. The Morgan fingerprint density at radius 2 is 1.96 bits per heavy atom. The number of nitrogens with two attached hydrogens (primary N) is 1. The second-order valence-corrected chi connectivity index (χ2v) is 7.64. The van der Waals surface area contributed by atoms with Crippen LogP contribution in [0.3, 0.4) is 0 Å². The van der Waals surface area contributed by atoms with E-state index >= 15 is 0 Å². The number of amides is 1. The number of thioether (sulfide) groups is 1. The van der Waals surface area contributed by atoms with Crippen molar-refractivity contribution in [2.24, 2.45) is 0 Å². The molecule has 0 unspecified atom stereocenters. The van der Waals surface area contributed by atoms with E-state index < -0.39 is 0 Å². The summed E-state index contributed by atoms with van der Waals surface area (Å²) >= 11 is 19.2. The van der Waals surface area contributed by atoms with Crippen LogP contribution in [0, 0.1) is 11.3 Å². The first-order chi connectivity index (χ1) is 13.4. The van der Waals surface area contributed by atoms with E-state index in [1.807, 2.05) is 6.07 Å². The van der Waals surface area contributed by atoms with Crippen LogP contribution in [0.2, 0.25) is 15.1 Å². The molecule has 0 fully saturated rings. The Morgan fingerprint density at radius 1 is 1.18 bits per heavy atom. The quantitative estimate of drug-likeness (QED) is 0.442. The molecule has 0 aliphatic heterocycles. The Bertz CT molecular complexity index is 1090. The van der Waals surface area contributed by atoms with Crippen LogP contribution in [0.1, 0.15) is 5.56 Å². The van der Waals surface area contributed by atoms with E-state index in [9.17, 15) is 4.79 Å². The molecule has 0 atom stereocenters. The molecular weight excluding hydrogens is 443 g/mol. The monoisotopic (exact) mass is 452 g/mol. The van der Waals surface area contributed by atoms with Gasteiger partial charge in [-0.1, -0.05) is 46.6 Å². The van der Waals surface area contributed by atoms with Gasteiger partial charge in [-0.25, -0.2) is 4.68 Å². The van der Waals surface area contributed by atoms with Crippen molar-refractivity contribution in [3.63, 3.8) is 0 Å². The van der Waals surface area contributed by atoms with Crippen LogP contribution in [0.4, 0.5) is 5.69 Å². The molecule has 3 N–H and O–H groups in total. The van der Waals surface area contributed by atoms with Crippen molar-refractivity contribution in [1.29, 1.82) is 5.26 Å². The van der Waals surface area contributed by atoms with Gasteiger partial charge in [0.1, 0.15) is 6.07 Å². The molecule has 0 saturated heterocycles. The summed E-state index contributed by atoms with van der Waals surface area (Å²) in [5.74, 6) is 6.10. The molecule has 11 heteroatoms. The van der Waals surface area contributed by atoms with Gasteiger partial charge in [0.15, 0.2) is 5.82 Å². The summed E-state index contributed by atoms with van der Waals surface area (Å²) in [5, 5.41) is 21.1. The van der Waals surface area contributed by atoms with Crippen LogP contribution < -0.4 is 11.2 Å². The lowest BCUT2D eigenvalue weighted by atomic mass is 10.2. The van der Waals surface area contributed by atoms with E-state index in [-0.39, 0.29) is 16.7 Å². The number of nitrogens with one attached hydrogen (secondary N) is 1. The molecule has 3 rings (SSSR count). The number of nitrogen functional groups attached to an aromatic ring is 1. The van der Waals surface area contributed by atoms with Crippen molar-refractivity contribution in [3.8, 4) is 17.5 Å². The first-order valence-electron chi connectivity index (χ1n) is 7.67. The third-order valence-corrected chi connectivity index (χ3v) is 5.36. The number of aromatic nitrogens is 3. The number of rotatable bonds is 5. The van der Waals surface area contributed by atoms with Crippen LogP contribution >= 0.6 is 46.6 Å². The van der Waals surface area contributed by atoms with E-state index in [0.717, 1.165) is 11.8 Å². The van der Waals surface area contributed by atoms with Crippen LogP contribution in [0.5, 0.6) is 0 Å². The van der Waals surface area contributed by atoms with Crippen LogP contribution in [-0.2, 0) is 4.79 Å². The molecule has 0 aliphatic rings. The third kappa shape index (κ3) is 4.51. The van der Waals surface area contributed by atoms with Gasteiger partial charge in [0.2, 0.25) is 11.1 Å². The average Bonchev–Trinajstić information content (AvgIpc) is 3.02. The number of benzene rings is 2. The number of halogens is 3. The molecule has 142 valence electrons. The largest absolute Gasteiger partial charge is 0.335 e. The van der Waals surface area contributed by atoms with Crippen LogP contribution in [0.15, 0.2) is 41.6 Å². The van der Waals surface area contributed by atoms with Crippen molar-refractivity contribution < 1.29 is 4.79 Å². The van der Waals surface area contributed by atoms with Gasteiger partial charge in [-0.3, -0.25) is 4.79 Å². The van der Waals surface area contributed by atoms with Gasteiger partial charge in [-0.2, -0.15) is 5.26 Å². The van der Waals surface area contributed by atoms with Gasteiger partial charge in [-0.05, 0) is 36.4 Å². The van der Waals surface area contributed by atoms with Crippen molar-refractivity contribution >= 4 is 58.2 Å². The summed E-state index contributed by atoms with van der Waals surface area (Å²) in [5.41, 5.74) is 1.35. The zero-order valence-electron chi connectivity index (χ0n) is 14.0. The molecule has 2 aromatic carbocycles. The van der Waals surface area contributed by atoms with E-state index in [2.05, 4.69) is 15.5 Å².